The minimum absolute atomic E-state index is 0.0335. The highest BCUT2D eigenvalue weighted by Gasteiger charge is 2.33. The Hall–Kier alpha value is -4.30. The Bertz CT molecular complexity index is 1260. The van der Waals surface area contributed by atoms with Gasteiger partial charge in [-0.25, -0.2) is 9.78 Å². The number of hydrogen-bond acceptors (Lipinski definition) is 8. The van der Waals surface area contributed by atoms with Crippen molar-refractivity contribution < 1.29 is 29.1 Å². The minimum Gasteiger partial charge on any atom is -0.480 e. The number of carboxylic acid groups (broad SMARTS) is 1. The number of imidazole rings is 1. The molecule has 0 saturated carbocycles. The van der Waals surface area contributed by atoms with Crippen LogP contribution in [-0.2, 0) is 36.8 Å². The summed E-state index contributed by atoms with van der Waals surface area (Å²) in [6, 6.07) is 3.53. The van der Waals surface area contributed by atoms with Gasteiger partial charge in [0.15, 0.2) is 0 Å². The van der Waals surface area contributed by atoms with E-state index < -0.39 is 59.8 Å². The molecule has 1 heterocycles. The lowest BCUT2D eigenvalue weighted by atomic mass is 9.97. The molecule has 2 aromatic rings. The van der Waals surface area contributed by atoms with Gasteiger partial charge in [-0.3, -0.25) is 19.2 Å². The maximum absolute atomic E-state index is 13.7. The second kappa shape index (κ2) is 19.3. The molecule has 0 unspecified atom stereocenters. The highest BCUT2D eigenvalue weighted by Crippen LogP contribution is 2.11. The van der Waals surface area contributed by atoms with Crippen LogP contribution in [0.15, 0.2) is 42.9 Å². The Morgan fingerprint density at radius 1 is 0.848 bits per heavy atom. The van der Waals surface area contributed by atoms with Crippen molar-refractivity contribution in [3.8, 4) is 0 Å². The van der Waals surface area contributed by atoms with Crippen molar-refractivity contribution in [1.82, 2.24) is 31.2 Å². The summed E-state index contributed by atoms with van der Waals surface area (Å²) < 4.78 is 0. The van der Waals surface area contributed by atoms with E-state index in [1.54, 1.807) is 50.4 Å². The first-order valence-electron chi connectivity index (χ1n) is 15.8. The first-order chi connectivity index (χ1) is 21.9. The molecule has 4 amide bonds. The molecule has 10 N–H and O–H groups in total. The van der Waals surface area contributed by atoms with Gasteiger partial charge < -0.3 is 42.8 Å². The minimum atomic E-state index is -1.26. The highest BCUT2D eigenvalue weighted by atomic mass is 16.4. The van der Waals surface area contributed by atoms with E-state index in [-0.39, 0.29) is 31.1 Å². The first-order valence-corrected chi connectivity index (χ1v) is 15.8. The molecule has 2 rings (SSSR count). The monoisotopic (exact) mass is 642 g/mol. The molecule has 46 heavy (non-hydrogen) atoms. The predicted octanol–water partition coefficient (Wildman–Crippen LogP) is 0.377. The summed E-state index contributed by atoms with van der Waals surface area (Å²) in [5, 5.41) is 20.5. The van der Waals surface area contributed by atoms with Crippen LogP contribution in [0.5, 0.6) is 0 Å². The number of nitrogens with one attached hydrogen (secondary N) is 5. The van der Waals surface area contributed by atoms with Crippen LogP contribution >= 0.6 is 0 Å². The lowest BCUT2D eigenvalue weighted by Crippen LogP contribution is -2.60. The summed E-state index contributed by atoms with van der Waals surface area (Å²) in [6.45, 7) is 7.67. The molecule has 254 valence electrons. The van der Waals surface area contributed by atoms with Gasteiger partial charge >= 0.3 is 5.97 Å². The van der Waals surface area contributed by atoms with Crippen LogP contribution in [0, 0.1) is 11.8 Å². The van der Waals surface area contributed by atoms with Gasteiger partial charge in [-0.2, -0.15) is 0 Å². The number of hydrogen-bond donors (Lipinski definition) is 8. The van der Waals surface area contributed by atoms with E-state index in [0.717, 1.165) is 0 Å². The molecular weight excluding hydrogens is 592 g/mol. The summed E-state index contributed by atoms with van der Waals surface area (Å²) in [4.78, 5) is 72.5. The standard InChI is InChI=1S/C32H50N8O6/c1-5-20(4)26(34)30(43)40-27(19(2)3)31(44)37-23(13-9-10-14-33)28(41)38-24(16-22-17-35-18-36-22)29(42)39-25(32(45)46)15-21-11-7-6-8-12-21/h6-8,11-12,17-20,23-27H,5,9-10,13-16,33-34H2,1-4H3,(H,35,36)(H,37,44)(H,38,41)(H,39,42)(H,40,43)(H,45,46)/t20-,23-,24-,25-,26-,27-/m0/s1. The maximum Gasteiger partial charge on any atom is 0.326 e. The molecule has 0 saturated heterocycles. The quantitative estimate of drug-likeness (QED) is 0.0931. The number of rotatable bonds is 20. The Morgan fingerprint density at radius 3 is 2.04 bits per heavy atom. The maximum atomic E-state index is 13.7. The van der Waals surface area contributed by atoms with Crippen LogP contribution in [-0.4, -0.2) is 81.4 Å². The molecular formula is C32H50N8O6. The number of unbranched alkanes of at least 4 members (excludes halogenated alkanes) is 1. The lowest BCUT2D eigenvalue weighted by Gasteiger charge is -2.28. The molecule has 14 nitrogen and oxygen atoms in total. The number of benzene rings is 1. The van der Waals surface area contributed by atoms with Crippen molar-refractivity contribution in [3.63, 3.8) is 0 Å². The van der Waals surface area contributed by atoms with E-state index in [2.05, 4.69) is 31.2 Å². The second-order valence-electron chi connectivity index (χ2n) is 11.9. The van der Waals surface area contributed by atoms with Gasteiger partial charge in [0, 0.05) is 19.0 Å². The number of nitrogens with two attached hydrogens (primary N) is 2. The first kappa shape index (κ1) is 37.9. The van der Waals surface area contributed by atoms with Gasteiger partial charge in [-0.1, -0.05) is 64.4 Å². The van der Waals surface area contributed by atoms with Gasteiger partial charge in [0.25, 0.3) is 0 Å². The average molecular weight is 643 g/mol. The number of carbonyl (C=O) groups is 5. The van der Waals surface area contributed by atoms with Crippen LogP contribution in [0.4, 0.5) is 0 Å². The average Bonchev–Trinajstić information content (AvgIpc) is 3.55. The number of carbonyl (C=O) groups excluding carboxylic acids is 4. The van der Waals surface area contributed by atoms with Crippen molar-refractivity contribution >= 4 is 29.6 Å². The van der Waals surface area contributed by atoms with Crippen LogP contribution in [0.3, 0.4) is 0 Å². The number of nitrogens with zero attached hydrogens (tertiary/aromatic N) is 1. The Balaban J connectivity index is 2.26. The normalized spacial score (nSPS) is 15.1. The molecule has 0 radical (unpaired) electrons. The predicted molar refractivity (Wildman–Crippen MR) is 173 cm³/mol. The van der Waals surface area contributed by atoms with E-state index >= 15 is 0 Å². The third-order valence-corrected chi connectivity index (χ3v) is 7.88. The molecule has 6 atom stereocenters. The zero-order valence-electron chi connectivity index (χ0n) is 27.1. The van der Waals surface area contributed by atoms with Crippen molar-refractivity contribution in [1.29, 1.82) is 0 Å². The van der Waals surface area contributed by atoms with Crippen LogP contribution < -0.4 is 32.7 Å². The van der Waals surface area contributed by atoms with Crippen molar-refractivity contribution in [2.75, 3.05) is 6.54 Å². The third kappa shape index (κ3) is 12.2. The van der Waals surface area contributed by atoms with E-state index in [1.165, 1.54) is 6.33 Å². The SMILES string of the molecule is CC[C@H](C)[C@H](N)C(=O)N[C@H](C(=O)N[C@@H](CCCCN)C(=O)N[C@@H](Cc1c[nH]cn1)C(=O)N[C@@H](Cc1ccccc1)C(=O)O)C(C)C. The number of aliphatic carboxylic acids is 1. The Labute approximate surface area is 270 Å². The van der Waals surface area contributed by atoms with E-state index in [1.807, 2.05) is 13.8 Å². The van der Waals surface area contributed by atoms with Gasteiger partial charge in [-0.05, 0) is 43.2 Å². The smallest absolute Gasteiger partial charge is 0.326 e. The van der Waals surface area contributed by atoms with Crippen molar-refractivity contribution in [2.24, 2.45) is 23.3 Å². The molecule has 0 aliphatic heterocycles. The molecule has 0 aliphatic carbocycles. The number of aromatic nitrogens is 2. The van der Waals surface area contributed by atoms with Gasteiger partial charge in [-0.15, -0.1) is 0 Å². The summed E-state index contributed by atoms with van der Waals surface area (Å²) in [5.41, 5.74) is 12.9. The van der Waals surface area contributed by atoms with Gasteiger partial charge in [0.05, 0.1) is 18.1 Å². The van der Waals surface area contributed by atoms with Crippen LogP contribution in [0.2, 0.25) is 0 Å². The Morgan fingerprint density at radius 2 is 1.48 bits per heavy atom. The molecule has 14 heteroatoms. The van der Waals surface area contributed by atoms with Gasteiger partial charge in [0.1, 0.15) is 24.2 Å². The van der Waals surface area contributed by atoms with Crippen LogP contribution in [0.25, 0.3) is 0 Å². The lowest BCUT2D eigenvalue weighted by molar-refractivity contribution is -0.142. The van der Waals surface area contributed by atoms with E-state index in [0.29, 0.717) is 37.1 Å². The molecule has 0 bridgehead atoms. The summed E-state index contributed by atoms with van der Waals surface area (Å²) >= 11 is 0. The number of amides is 4. The summed E-state index contributed by atoms with van der Waals surface area (Å²) in [7, 11) is 0. The van der Waals surface area contributed by atoms with Crippen molar-refractivity contribution in [2.45, 2.75) is 96.4 Å². The summed E-state index contributed by atoms with van der Waals surface area (Å²) in [5.74, 6) is -4.07. The Kier molecular flexibility index (Phi) is 15.9. The van der Waals surface area contributed by atoms with Crippen LogP contribution in [0.1, 0.15) is 64.6 Å². The molecule has 1 aromatic carbocycles. The topological polar surface area (TPSA) is 234 Å². The fourth-order valence-corrected chi connectivity index (χ4v) is 4.74. The number of carboxylic acids is 1. The van der Waals surface area contributed by atoms with Crippen molar-refractivity contribution in [3.05, 3.63) is 54.1 Å². The third-order valence-electron chi connectivity index (χ3n) is 7.88. The van der Waals surface area contributed by atoms with E-state index in [9.17, 15) is 29.1 Å². The summed E-state index contributed by atoms with van der Waals surface area (Å²) in [6.07, 6.45) is 4.96. The highest BCUT2D eigenvalue weighted by molar-refractivity contribution is 5.95. The molecule has 0 spiro atoms. The van der Waals surface area contributed by atoms with Gasteiger partial charge in [0.2, 0.25) is 23.6 Å². The number of H-pyrrole nitrogens is 1. The fourth-order valence-electron chi connectivity index (χ4n) is 4.74. The van der Waals surface area contributed by atoms with E-state index in [4.69, 9.17) is 11.5 Å². The second-order valence-corrected chi connectivity index (χ2v) is 11.9. The number of aromatic amines is 1. The molecule has 1 aromatic heterocycles. The largest absolute Gasteiger partial charge is 0.480 e. The zero-order valence-corrected chi connectivity index (χ0v) is 27.1. The molecule has 0 aliphatic rings. The fraction of sp³-hybridized carbons (Fsp3) is 0.562. The zero-order chi connectivity index (χ0) is 34.2. The molecule has 0 fully saturated rings.